The van der Waals surface area contributed by atoms with Crippen molar-refractivity contribution in [1.29, 1.82) is 0 Å². The molecule has 1 aliphatic rings. The Bertz CT molecular complexity index is 615. The number of hydrogen-bond donors (Lipinski definition) is 1. The van der Waals surface area contributed by atoms with Crippen LogP contribution < -0.4 is 5.32 Å². The molecule has 0 saturated heterocycles. The number of amides is 1. The second-order valence-corrected chi connectivity index (χ2v) is 4.89. The number of Topliss-reactive ketones (excluding diaryl/α,β-unsaturated/α-hetero) is 1. The zero-order valence-electron chi connectivity index (χ0n) is 10.8. The van der Waals surface area contributed by atoms with Crippen molar-refractivity contribution in [2.24, 2.45) is 0 Å². The maximum Gasteiger partial charge on any atom is 0.255 e. The number of ketones is 1. The molecule has 2 rings (SSSR count). The highest BCUT2D eigenvalue weighted by Crippen LogP contribution is 2.19. The molecule has 19 heavy (non-hydrogen) atoms. The summed E-state index contributed by atoms with van der Waals surface area (Å²) in [6.07, 6.45) is 3.73. The molecule has 3 nitrogen and oxygen atoms in total. The molecule has 1 aromatic rings. The van der Waals surface area contributed by atoms with Crippen LogP contribution in [0.4, 0.5) is 0 Å². The molecule has 4 heteroatoms. The number of hydrogen-bond acceptors (Lipinski definition) is 2. The van der Waals surface area contributed by atoms with Gasteiger partial charge < -0.3 is 5.32 Å². The van der Waals surface area contributed by atoms with E-state index in [1.165, 1.54) is 0 Å². The van der Waals surface area contributed by atoms with Crippen molar-refractivity contribution in [1.82, 2.24) is 5.32 Å². The van der Waals surface area contributed by atoms with E-state index < -0.39 is 0 Å². The van der Waals surface area contributed by atoms with Crippen molar-refractivity contribution in [3.8, 4) is 0 Å². The van der Waals surface area contributed by atoms with Crippen LogP contribution in [0.25, 0.3) is 0 Å². The van der Waals surface area contributed by atoms with Gasteiger partial charge in [0, 0.05) is 22.7 Å². The molecule has 0 aliphatic heterocycles. The second kappa shape index (κ2) is 5.41. The largest absolute Gasteiger partial charge is 0.322 e. The summed E-state index contributed by atoms with van der Waals surface area (Å²) >= 11 is 5.99. The molecule has 0 aromatic heterocycles. The summed E-state index contributed by atoms with van der Waals surface area (Å²) in [6, 6.07) is 5.21. The predicted molar refractivity (Wildman–Crippen MR) is 75.1 cm³/mol. The minimum Gasteiger partial charge on any atom is -0.322 e. The molecule has 0 bridgehead atoms. The number of rotatable bonds is 2. The molecule has 98 valence electrons. The fourth-order valence-electron chi connectivity index (χ4n) is 1.88. The van der Waals surface area contributed by atoms with Crippen molar-refractivity contribution in [3.63, 3.8) is 0 Å². The summed E-state index contributed by atoms with van der Waals surface area (Å²) in [6.45, 7) is 3.54. The molecule has 1 N–H and O–H groups in total. The molecule has 1 aromatic carbocycles. The van der Waals surface area contributed by atoms with Crippen molar-refractivity contribution in [2.75, 3.05) is 0 Å². The molecular weight excluding hydrogens is 262 g/mol. The van der Waals surface area contributed by atoms with Crippen molar-refractivity contribution >= 4 is 23.3 Å². The summed E-state index contributed by atoms with van der Waals surface area (Å²) in [5.74, 6) is -0.137. The molecular formula is C15H14ClNO2. The van der Waals surface area contributed by atoms with E-state index in [1.54, 1.807) is 44.2 Å². The number of carbonyl (C=O) groups is 2. The van der Waals surface area contributed by atoms with Gasteiger partial charge in [0.2, 0.25) is 0 Å². The summed E-state index contributed by atoms with van der Waals surface area (Å²) in [5, 5.41) is 3.35. The van der Waals surface area contributed by atoms with Gasteiger partial charge in [-0.15, -0.1) is 0 Å². The maximum absolute atomic E-state index is 12.1. The zero-order chi connectivity index (χ0) is 14.0. The van der Waals surface area contributed by atoms with Crippen molar-refractivity contribution in [3.05, 3.63) is 57.8 Å². The van der Waals surface area contributed by atoms with Crippen LogP contribution in [0.1, 0.15) is 29.3 Å². The number of halogens is 1. The molecule has 0 atom stereocenters. The van der Waals surface area contributed by atoms with Crippen LogP contribution in [0.3, 0.4) is 0 Å². The Morgan fingerprint density at radius 3 is 2.74 bits per heavy atom. The van der Waals surface area contributed by atoms with Crippen molar-refractivity contribution < 1.29 is 9.59 Å². The van der Waals surface area contributed by atoms with E-state index in [4.69, 9.17) is 11.6 Å². The number of benzene rings is 1. The van der Waals surface area contributed by atoms with E-state index >= 15 is 0 Å². The Labute approximate surface area is 117 Å². The van der Waals surface area contributed by atoms with Crippen LogP contribution in [0.2, 0.25) is 5.02 Å². The molecule has 0 heterocycles. The maximum atomic E-state index is 12.1. The molecule has 1 aliphatic carbocycles. The molecule has 0 spiro atoms. The second-order valence-electron chi connectivity index (χ2n) is 4.48. The third kappa shape index (κ3) is 2.93. The number of nitrogens with one attached hydrogen (secondary N) is 1. The molecule has 0 fully saturated rings. The average molecular weight is 276 g/mol. The van der Waals surface area contributed by atoms with E-state index in [0.29, 0.717) is 28.3 Å². The Morgan fingerprint density at radius 1 is 1.32 bits per heavy atom. The molecule has 1 amide bonds. The standard InChI is InChI=1S/C15H14ClNO2/c1-9-8-11(6-7-14(9)18)17-15(19)12-4-3-5-13(16)10(12)2/h3-6,8H,7H2,1-2H3,(H,17,19). The highest BCUT2D eigenvalue weighted by molar-refractivity contribution is 6.31. The van der Waals surface area contributed by atoms with Gasteiger partial charge in [-0.25, -0.2) is 0 Å². The highest BCUT2D eigenvalue weighted by atomic mass is 35.5. The average Bonchev–Trinajstić information content (AvgIpc) is 2.37. The first-order valence-corrected chi connectivity index (χ1v) is 6.35. The van der Waals surface area contributed by atoms with Gasteiger partial charge >= 0.3 is 0 Å². The third-order valence-corrected chi connectivity index (χ3v) is 3.50. The smallest absolute Gasteiger partial charge is 0.255 e. The van der Waals surface area contributed by atoms with Crippen LogP contribution in [-0.4, -0.2) is 11.7 Å². The van der Waals surface area contributed by atoms with Crippen LogP contribution in [0.15, 0.2) is 41.6 Å². The van der Waals surface area contributed by atoms with E-state index in [9.17, 15) is 9.59 Å². The lowest BCUT2D eigenvalue weighted by Gasteiger charge is -2.13. The minimum absolute atomic E-state index is 0.0805. The van der Waals surface area contributed by atoms with Crippen LogP contribution in [0, 0.1) is 6.92 Å². The molecule has 0 unspecified atom stereocenters. The van der Waals surface area contributed by atoms with Gasteiger partial charge in [-0.1, -0.05) is 23.7 Å². The monoisotopic (exact) mass is 275 g/mol. The minimum atomic E-state index is -0.218. The van der Waals surface area contributed by atoms with Gasteiger partial charge in [0.05, 0.1) is 0 Å². The predicted octanol–water partition coefficient (Wildman–Crippen LogP) is 3.18. The van der Waals surface area contributed by atoms with E-state index in [2.05, 4.69) is 5.32 Å². The summed E-state index contributed by atoms with van der Waals surface area (Å²) in [7, 11) is 0. The fourth-order valence-corrected chi connectivity index (χ4v) is 2.05. The van der Waals surface area contributed by atoms with Crippen molar-refractivity contribution in [2.45, 2.75) is 20.3 Å². The number of carbonyl (C=O) groups excluding carboxylic acids is 2. The first kappa shape index (κ1) is 13.6. The van der Waals surface area contributed by atoms with Gasteiger partial charge in [0.25, 0.3) is 5.91 Å². The zero-order valence-corrected chi connectivity index (χ0v) is 11.5. The Kier molecular flexibility index (Phi) is 3.86. The highest BCUT2D eigenvalue weighted by Gasteiger charge is 2.15. The van der Waals surface area contributed by atoms with Gasteiger partial charge in [0.15, 0.2) is 5.78 Å². The quantitative estimate of drug-likeness (QED) is 0.901. The lowest BCUT2D eigenvalue weighted by Crippen LogP contribution is -2.24. The van der Waals surface area contributed by atoms with Gasteiger partial charge in [-0.05, 0) is 43.2 Å². The van der Waals surface area contributed by atoms with E-state index in [1.807, 2.05) is 0 Å². The van der Waals surface area contributed by atoms with Gasteiger partial charge in [0.1, 0.15) is 0 Å². The van der Waals surface area contributed by atoms with Gasteiger partial charge in [-0.3, -0.25) is 9.59 Å². The first-order chi connectivity index (χ1) is 8.99. The van der Waals surface area contributed by atoms with E-state index in [-0.39, 0.29) is 11.7 Å². The Morgan fingerprint density at radius 2 is 2.05 bits per heavy atom. The normalized spacial score (nSPS) is 14.8. The van der Waals surface area contributed by atoms with Gasteiger partial charge in [-0.2, -0.15) is 0 Å². The first-order valence-electron chi connectivity index (χ1n) is 5.97. The Hall–Kier alpha value is -1.87. The molecule has 0 saturated carbocycles. The molecule has 0 radical (unpaired) electrons. The SMILES string of the molecule is CC1=CC(NC(=O)c2cccc(Cl)c2C)=CCC1=O. The lowest BCUT2D eigenvalue weighted by atomic mass is 10.0. The summed E-state index contributed by atoms with van der Waals surface area (Å²) in [5.41, 5.74) is 2.59. The van der Waals surface area contributed by atoms with Crippen LogP contribution >= 0.6 is 11.6 Å². The topological polar surface area (TPSA) is 46.2 Å². The lowest BCUT2D eigenvalue weighted by molar-refractivity contribution is -0.114. The van der Waals surface area contributed by atoms with Crippen LogP contribution in [-0.2, 0) is 4.79 Å². The summed E-state index contributed by atoms with van der Waals surface area (Å²) < 4.78 is 0. The third-order valence-electron chi connectivity index (χ3n) is 3.09. The fraction of sp³-hybridized carbons (Fsp3) is 0.200. The van der Waals surface area contributed by atoms with E-state index in [0.717, 1.165) is 5.56 Å². The summed E-state index contributed by atoms with van der Waals surface area (Å²) in [4.78, 5) is 23.5. The number of allylic oxidation sites excluding steroid dienone is 3. The Balaban J connectivity index is 2.19. The van der Waals surface area contributed by atoms with Crippen LogP contribution in [0.5, 0.6) is 0 Å².